The van der Waals surface area contributed by atoms with Crippen molar-refractivity contribution in [1.82, 2.24) is 14.1 Å². The van der Waals surface area contributed by atoms with E-state index in [9.17, 15) is 14.4 Å². The standard InChI is InChI=1S/C9H15N3O3/c1-5(2)11-7(13)10-8(14)12(6(3)4)9(11)15/h5-6H,1-4H3,(H,10,13,14). The summed E-state index contributed by atoms with van der Waals surface area (Å²) in [5.41, 5.74) is -1.87. The van der Waals surface area contributed by atoms with Crippen LogP contribution in [0.25, 0.3) is 0 Å². The molecule has 1 aromatic heterocycles. The van der Waals surface area contributed by atoms with Gasteiger partial charge in [0, 0.05) is 12.1 Å². The molecule has 0 aliphatic rings. The molecule has 0 aromatic carbocycles. The minimum Gasteiger partial charge on any atom is -0.259 e. The number of nitrogens with one attached hydrogen (secondary N) is 1. The van der Waals surface area contributed by atoms with Crippen molar-refractivity contribution in [2.75, 3.05) is 0 Å². The second kappa shape index (κ2) is 3.88. The Balaban J connectivity index is 3.73. The molecule has 0 radical (unpaired) electrons. The summed E-state index contributed by atoms with van der Waals surface area (Å²) in [6, 6.07) is -0.543. The van der Waals surface area contributed by atoms with Crippen molar-refractivity contribution in [2.24, 2.45) is 0 Å². The number of rotatable bonds is 2. The maximum atomic E-state index is 11.8. The fraction of sp³-hybridized carbons (Fsp3) is 0.667. The molecule has 0 bridgehead atoms. The van der Waals surface area contributed by atoms with E-state index in [4.69, 9.17) is 0 Å². The lowest BCUT2D eigenvalue weighted by Gasteiger charge is -2.13. The van der Waals surface area contributed by atoms with Gasteiger partial charge in [0.05, 0.1) is 0 Å². The number of aromatic amines is 1. The molecule has 0 spiro atoms. The number of aromatic nitrogens is 3. The van der Waals surface area contributed by atoms with Crippen molar-refractivity contribution in [2.45, 2.75) is 39.8 Å². The summed E-state index contributed by atoms with van der Waals surface area (Å²) in [7, 11) is 0. The predicted molar refractivity (Wildman–Crippen MR) is 56.4 cm³/mol. The Morgan fingerprint density at radius 3 is 1.47 bits per heavy atom. The quantitative estimate of drug-likeness (QED) is 0.742. The maximum Gasteiger partial charge on any atom is 0.336 e. The van der Waals surface area contributed by atoms with E-state index < -0.39 is 17.1 Å². The first-order valence-corrected chi connectivity index (χ1v) is 4.83. The highest BCUT2D eigenvalue weighted by atomic mass is 16.2. The van der Waals surface area contributed by atoms with E-state index >= 15 is 0 Å². The first kappa shape index (κ1) is 11.5. The fourth-order valence-corrected chi connectivity index (χ4v) is 1.41. The monoisotopic (exact) mass is 213 g/mol. The van der Waals surface area contributed by atoms with Crippen molar-refractivity contribution in [3.05, 3.63) is 31.5 Å². The van der Waals surface area contributed by atoms with Gasteiger partial charge in [0.1, 0.15) is 0 Å². The Morgan fingerprint density at radius 2 is 1.20 bits per heavy atom. The number of hydrogen-bond acceptors (Lipinski definition) is 3. The average Bonchev–Trinajstić information content (AvgIpc) is 1.99. The predicted octanol–water partition coefficient (Wildman–Crippen LogP) is -0.140. The molecular weight excluding hydrogens is 198 g/mol. The Kier molecular flexibility index (Phi) is 2.97. The van der Waals surface area contributed by atoms with Crippen molar-refractivity contribution in [3.63, 3.8) is 0 Å². The van der Waals surface area contributed by atoms with Crippen LogP contribution in [0.1, 0.15) is 39.8 Å². The molecule has 0 saturated heterocycles. The highest BCUT2D eigenvalue weighted by Crippen LogP contribution is 1.96. The molecule has 0 fully saturated rings. The van der Waals surface area contributed by atoms with Crippen LogP contribution in [0.2, 0.25) is 0 Å². The van der Waals surface area contributed by atoms with Crippen molar-refractivity contribution >= 4 is 0 Å². The molecule has 1 rings (SSSR count). The molecule has 1 aromatic rings. The molecule has 1 N–H and O–H groups in total. The van der Waals surface area contributed by atoms with Crippen LogP contribution in [-0.4, -0.2) is 14.1 Å². The Morgan fingerprint density at radius 1 is 0.867 bits per heavy atom. The van der Waals surface area contributed by atoms with Crippen LogP contribution in [-0.2, 0) is 0 Å². The van der Waals surface area contributed by atoms with Crippen LogP contribution in [0, 0.1) is 0 Å². The summed E-state index contributed by atoms with van der Waals surface area (Å²) in [6.07, 6.45) is 0. The van der Waals surface area contributed by atoms with Crippen molar-refractivity contribution < 1.29 is 0 Å². The number of nitrogens with zero attached hydrogens (tertiary/aromatic N) is 2. The summed E-state index contributed by atoms with van der Waals surface area (Å²) in [5.74, 6) is 0. The number of H-pyrrole nitrogens is 1. The van der Waals surface area contributed by atoms with Crippen LogP contribution in [0.5, 0.6) is 0 Å². The molecule has 1 heterocycles. The van der Waals surface area contributed by atoms with Gasteiger partial charge in [-0.2, -0.15) is 0 Å². The molecule has 0 unspecified atom stereocenters. The zero-order valence-corrected chi connectivity index (χ0v) is 9.27. The van der Waals surface area contributed by atoms with Gasteiger partial charge in [-0.3, -0.25) is 4.98 Å². The van der Waals surface area contributed by atoms with Gasteiger partial charge >= 0.3 is 17.1 Å². The van der Waals surface area contributed by atoms with E-state index in [-0.39, 0.29) is 12.1 Å². The molecular formula is C9H15N3O3. The fourth-order valence-electron chi connectivity index (χ4n) is 1.41. The van der Waals surface area contributed by atoms with E-state index in [2.05, 4.69) is 4.98 Å². The van der Waals surface area contributed by atoms with Crippen LogP contribution >= 0.6 is 0 Å². The minimum atomic E-state index is -0.656. The molecule has 84 valence electrons. The Labute approximate surface area is 86.2 Å². The Hall–Kier alpha value is -1.59. The molecule has 15 heavy (non-hydrogen) atoms. The third-order valence-corrected chi connectivity index (χ3v) is 2.10. The summed E-state index contributed by atoms with van der Waals surface area (Å²) < 4.78 is 2.06. The van der Waals surface area contributed by atoms with Crippen LogP contribution in [0.3, 0.4) is 0 Å². The average molecular weight is 213 g/mol. The number of hydrogen-bond donors (Lipinski definition) is 1. The van der Waals surface area contributed by atoms with Gasteiger partial charge in [-0.25, -0.2) is 23.5 Å². The lowest BCUT2D eigenvalue weighted by molar-refractivity contribution is 0.441. The van der Waals surface area contributed by atoms with E-state index in [1.807, 2.05) is 0 Å². The largest absolute Gasteiger partial charge is 0.336 e. The summed E-state index contributed by atoms with van der Waals surface area (Å²) in [4.78, 5) is 36.7. The summed E-state index contributed by atoms with van der Waals surface area (Å²) >= 11 is 0. The van der Waals surface area contributed by atoms with Crippen LogP contribution < -0.4 is 17.1 Å². The first-order chi connectivity index (χ1) is 6.86. The molecule has 0 aliphatic carbocycles. The van der Waals surface area contributed by atoms with Gasteiger partial charge in [0.25, 0.3) is 0 Å². The lowest BCUT2D eigenvalue weighted by atomic mass is 10.4. The van der Waals surface area contributed by atoms with E-state index in [0.717, 1.165) is 9.13 Å². The first-order valence-electron chi connectivity index (χ1n) is 4.83. The van der Waals surface area contributed by atoms with Crippen LogP contribution in [0.4, 0.5) is 0 Å². The second-order valence-corrected chi connectivity index (χ2v) is 3.95. The van der Waals surface area contributed by atoms with E-state index in [0.29, 0.717) is 0 Å². The summed E-state index contributed by atoms with van der Waals surface area (Å²) in [6.45, 7) is 6.86. The SMILES string of the molecule is CC(C)n1c(=O)[nH]c(=O)n(C(C)C)c1=O. The highest BCUT2D eigenvalue weighted by Gasteiger charge is 2.13. The van der Waals surface area contributed by atoms with Crippen molar-refractivity contribution in [1.29, 1.82) is 0 Å². The Bertz CT molecular complexity index is 475. The maximum absolute atomic E-state index is 11.8. The van der Waals surface area contributed by atoms with E-state index in [1.165, 1.54) is 0 Å². The molecule has 0 amide bonds. The van der Waals surface area contributed by atoms with Gasteiger partial charge in [-0.05, 0) is 27.7 Å². The molecule has 0 aliphatic heterocycles. The van der Waals surface area contributed by atoms with Crippen LogP contribution in [0.15, 0.2) is 14.4 Å². The van der Waals surface area contributed by atoms with Gasteiger partial charge in [-0.1, -0.05) is 0 Å². The zero-order valence-electron chi connectivity index (χ0n) is 9.27. The second-order valence-electron chi connectivity index (χ2n) is 3.95. The molecule has 6 heteroatoms. The topological polar surface area (TPSA) is 76.9 Å². The third kappa shape index (κ3) is 1.93. The van der Waals surface area contributed by atoms with Gasteiger partial charge in [0.2, 0.25) is 0 Å². The normalized spacial score (nSPS) is 11.3. The van der Waals surface area contributed by atoms with Crippen molar-refractivity contribution in [3.8, 4) is 0 Å². The molecule has 0 saturated carbocycles. The molecule has 6 nitrogen and oxygen atoms in total. The minimum absolute atomic E-state index is 0.271. The highest BCUT2D eigenvalue weighted by molar-refractivity contribution is 4.79. The third-order valence-electron chi connectivity index (χ3n) is 2.10. The zero-order chi connectivity index (χ0) is 11.7. The summed E-state index contributed by atoms with van der Waals surface area (Å²) in [5, 5.41) is 0. The van der Waals surface area contributed by atoms with Gasteiger partial charge in [-0.15, -0.1) is 0 Å². The van der Waals surface area contributed by atoms with E-state index in [1.54, 1.807) is 27.7 Å². The van der Waals surface area contributed by atoms with Gasteiger partial charge < -0.3 is 0 Å². The lowest BCUT2D eigenvalue weighted by Crippen LogP contribution is -2.50. The smallest absolute Gasteiger partial charge is 0.259 e. The van der Waals surface area contributed by atoms with Gasteiger partial charge in [0.15, 0.2) is 0 Å². The molecule has 0 atom stereocenters.